The van der Waals surface area contributed by atoms with Crippen LogP contribution in [0.1, 0.15) is 200 Å². The van der Waals surface area contributed by atoms with Gasteiger partial charge in [0.1, 0.15) is 12.6 Å². The molecule has 0 aromatic heterocycles. The Hall–Kier alpha value is -2.89. The second kappa shape index (κ2) is 40.9. The molecule has 52 heavy (non-hydrogen) atoms. The Labute approximate surface area is 320 Å². The molecule has 0 heterocycles. The number of esters is 1. The fraction of sp³-hybridized carbons (Fsp3) is 0.717. The molecule has 1 amide bonds. The van der Waals surface area contributed by atoms with Crippen LogP contribution in [0.4, 0.5) is 0 Å². The highest BCUT2D eigenvalue weighted by molar-refractivity contribution is 5.80. The number of hydrogen-bond donors (Lipinski definition) is 2. The summed E-state index contributed by atoms with van der Waals surface area (Å²) in [6, 6.07) is 0. The lowest BCUT2D eigenvalue weighted by Gasteiger charge is -2.14. The molecular formula is C46H79NO5. The number of nitrogens with one attached hydrogen (secondary N) is 1. The summed E-state index contributed by atoms with van der Waals surface area (Å²) in [6.07, 6.45) is 53.6. The van der Waals surface area contributed by atoms with E-state index in [0.29, 0.717) is 12.8 Å². The molecule has 1 atom stereocenters. The van der Waals surface area contributed by atoms with Gasteiger partial charge >= 0.3 is 11.9 Å². The first-order valence-corrected chi connectivity index (χ1v) is 21.4. The SMILES string of the molecule is CCCCC/C=C\C/C=C\C/C=C\C(CCCCCCCC(=O)NCC(=O)O)OC(=O)CCCCCCCCCCC/C=C\C/C=C\CCCCC. The summed E-state index contributed by atoms with van der Waals surface area (Å²) in [6.45, 7) is 4.15. The van der Waals surface area contributed by atoms with Crippen molar-refractivity contribution in [1.29, 1.82) is 0 Å². The number of amides is 1. The van der Waals surface area contributed by atoms with Crippen LogP contribution in [0.3, 0.4) is 0 Å². The van der Waals surface area contributed by atoms with Crippen LogP contribution < -0.4 is 5.32 Å². The van der Waals surface area contributed by atoms with Gasteiger partial charge in [-0.25, -0.2) is 0 Å². The molecule has 0 spiro atoms. The summed E-state index contributed by atoms with van der Waals surface area (Å²) >= 11 is 0. The zero-order chi connectivity index (χ0) is 38.0. The van der Waals surface area contributed by atoms with Gasteiger partial charge in [0.05, 0.1) is 0 Å². The summed E-state index contributed by atoms with van der Waals surface area (Å²) in [7, 11) is 0. The summed E-state index contributed by atoms with van der Waals surface area (Å²) in [5.74, 6) is -1.33. The van der Waals surface area contributed by atoms with Crippen LogP contribution in [0.5, 0.6) is 0 Å². The lowest BCUT2D eigenvalue weighted by molar-refractivity contribution is -0.147. The molecule has 0 saturated carbocycles. The molecular weight excluding hydrogens is 647 g/mol. The van der Waals surface area contributed by atoms with E-state index >= 15 is 0 Å². The van der Waals surface area contributed by atoms with E-state index in [-0.39, 0.29) is 24.5 Å². The Kier molecular flexibility index (Phi) is 38.6. The topological polar surface area (TPSA) is 92.7 Å². The van der Waals surface area contributed by atoms with Crippen molar-refractivity contribution in [2.24, 2.45) is 0 Å². The molecule has 0 aliphatic heterocycles. The highest BCUT2D eigenvalue weighted by Gasteiger charge is 2.11. The molecule has 0 fully saturated rings. The van der Waals surface area contributed by atoms with Crippen molar-refractivity contribution in [3.05, 3.63) is 60.8 Å². The maximum Gasteiger partial charge on any atom is 0.322 e. The molecule has 2 N–H and O–H groups in total. The van der Waals surface area contributed by atoms with E-state index in [9.17, 15) is 14.4 Å². The largest absolute Gasteiger partial charge is 0.480 e. The normalized spacial score (nSPS) is 12.7. The number of unbranched alkanes of at least 4 members (excludes halogenated alkanes) is 19. The Bertz CT molecular complexity index is 979. The van der Waals surface area contributed by atoms with Crippen LogP contribution in [0.25, 0.3) is 0 Å². The molecule has 0 aliphatic carbocycles. The van der Waals surface area contributed by atoms with Crippen molar-refractivity contribution < 1.29 is 24.2 Å². The van der Waals surface area contributed by atoms with Gasteiger partial charge in [-0.3, -0.25) is 14.4 Å². The van der Waals surface area contributed by atoms with E-state index < -0.39 is 5.97 Å². The zero-order valence-electron chi connectivity index (χ0n) is 33.6. The second-order valence-corrected chi connectivity index (χ2v) is 14.2. The first-order valence-electron chi connectivity index (χ1n) is 21.4. The second-order valence-electron chi connectivity index (χ2n) is 14.2. The first kappa shape index (κ1) is 49.1. The van der Waals surface area contributed by atoms with Crippen molar-refractivity contribution in [3.8, 4) is 0 Å². The monoisotopic (exact) mass is 726 g/mol. The molecule has 0 aliphatic rings. The van der Waals surface area contributed by atoms with Crippen LogP contribution in [0.15, 0.2) is 60.8 Å². The van der Waals surface area contributed by atoms with Gasteiger partial charge < -0.3 is 15.2 Å². The average molecular weight is 726 g/mol. The minimum atomic E-state index is -1.03. The molecule has 6 nitrogen and oxygen atoms in total. The maximum absolute atomic E-state index is 12.7. The van der Waals surface area contributed by atoms with Gasteiger partial charge in [0.2, 0.25) is 5.91 Å². The number of carboxylic acid groups (broad SMARTS) is 1. The molecule has 6 heteroatoms. The lowest BCUT2D eigenvalue weighted by atomic mass is 10.1. The summed E-state index contributed by atoms with van der Waals surface area (Å²) in [5, 5.41) is 11.1. The molecule has 0 aromatic rings. The van der Waals surface area contributed by atoms with Gasteiger partial charge in [0, 0.05) is 12.8 Å². The zero-order valence-corrected chi connectivity index (χ0v) is 33.6. The third-order valence-electron chi connectivity index (χ3n) is 9.15. The van der Waals surface area contributed by atoms with Crippen molar-refractivity contribution >= 4 is 17.8 Å². The Morgan fingerprint density at radius 2 is 0.942 bits per heavy atom. The first-order chi connectivity index (χ1) is 25.5. The molecule has 298 valence electrons. The van der Waals surface area contributed by atoms with Gasteiger partial charge in [0.15, 0.2) is 0 Å². The van der Waals surface area contributed by atoms with Crippen LogP contribution >= 0.6 is 0 Å². The van der Waals surface area contributed by atoms with E-state index in [2.05, 4.69) is 79.9 Å². The maximum atomic E-state index is 12.7. The highest BCUT2D eigenvalue weighted by atomic mass is 16.5. The van der Waals surface area contributed by atoms with Crippen LogP contribution in [-0.4, -0.2) is 35.6 Å². The number of aliphatic carboxylic acids is 1. The van der Waals surface area contributed by atoms with Crippen molar-refractivity contribution in [3.63, 3.8) is 0 Å². The van der Waals surface area contributed by atoms with Crippen molar-refractivity contribution in [2.45, 2.75) is 206 Å². The molecule has 0 radical (unpaired) electrons. The van der Waals surface area contributed by atoms with E-state index in [1.54, 1.807) is 0 Å². The van der Waals surface area contributed by atoms with Gasteiger partial charge in [-0.05, 0) is 89.5 Å². The highest BCUT2D eigenvalue weighted by Crippen LogP contribution is 2.15. The number of ether oxygens (including phenoxy) is 1. The van der Waals surface area contributed by atoms with Crippen LogP contribution in [-0.2, 0) is 19.1 Å². The van der Waals surface area contributed by atoms with E-state index in [1.165, 1.54) is 96.3 Å². The molecule has 1 unspecified atom stereocenters. The summed E-state index contributed by atoms with van der Waals surface area (Å²) < 4.78 is 5.91. The van der Waals surface area contributed by atoms with Crippen LogP contribution in [0, 0.1) is 0 Å². The standard InChI is InChI=1S/C46H79NO5/c1-3-5-7-9-11-13-15-16-17-18-19-20-21-22-24-26-28-33-37-41-46(51)52-43(38-34-30-27-25-23-14-12-10-8-6-4-2)39-35-31-29-32-36-40-44(48)47-42-45(49)50/h11-14,16-17,25,27,34,38,43H,3-10,15,18-24,26,28-33,35-37,39-42H2,1-2H3,(H,47,48)(H,49,50)/b13-11-,14-12-,17-16-,27-25-,38-34-. The fourth-order valence-electron chi connectivity index (χ4n) is 5.94. The van der Waals surface area contributed by atoms with Crippen molar-refractivity contribution in [2.75, 3.05) is 6.54 Å². The van der Waals surface area contributed by atoms with E-state index in [1.807, 2.05) is 0 Å². The van der Waals surface area contributed by atoms with Crippen LogP contribution in [0.2, 0.25) is 0 Å². The minimum absolute atomic E-state index is 0.0946. The van der Waals surface area contributed by atoms with Crippen molar-refractivity contribution in [1.82, 2.24) is 5.32 Å². The van der Waals surface area contributed by atoms with E-state index in [0.717, 1.165) is 77.0 Å². The number of rotatable bonds is 38. The molecule has 0 rings (SSSR count). The van der Waals surface area contributed by atoms with E-state index in [4.69, 9.17) is 9.84 Å². The van der Waals surface area contributed by atoms with Gasteiger partial charge in [-0.1, -0.05) is 158 Å². The predicted molar refractivity (Wildman–Crippen MR) is 221 cm³/mol. The number of carbonyl (C=O) groups excluding carboxylic acids is 2. The van der Waals surface area contributed by atoms with Gasteiger partial charge in [-0.2, -0.15) is 0 Å². The number of hydrogen-bond acceptors (Lipinski definition) is 4. The number of carboxylic acids is 1. The third kappa shape index (κ3) is 39.9. The molecule has 0 bridgehead atoms. The Balaban J connectivity index is 4.22. The summed E-state index contributed by atoms with van der Waals surface area (Å²) in [5.41, 5.74) is 0. The quantitative estimate of drug-likeness (QED) is 0.0375. The number of allylic oxidation sites excluding steroid dienone is 9. The van der Waals surface area contributed by atoms with Gasteiger partial charge in [0.25, 0.3) is 0 Å². The summed E-state index contributed by atoms with van der Waals surface area (Å²) in [4.78, 5) is 35.0. The molecule has 0 aromatic carbocycles. The molecule has 0 saturated heterocycles. The average Bonchev–Trinajstić information content (AvgIpc) is 3.13. The Morgan fingerprint density at radius 1 is 0.519 bits per heavy atom. The third-order valence-corrected chi connectivity index (χ3v) is 9.15. The van der Waals surface area contributed by atoms with Gasteiger partial charge in [-0.15, -0.1) is 0 Å². The Morgan fingerprint density at radius 3 is 1.46 bits per heavy atom. The predicted octanol–water partition coefficient (Wildman–Crippen LogP) is 13.2. The minimum Gasteiger partial charge on any atom is -0.480 e. The fourth-order valence-corrected chi connectivity index (χ4v) is 5.94. The smallest absolute Gasteiger partial charge is 0.322 e. The lowest BCUT2D eigenvalue weighted by Crippen LogP contribution is -2.28. The number of carbonyl (C=O) groups is 3.